The fourth-order valence-electron chi connectivity index (χ4n) is 9.14. The third-order valence-corrected chi connectivity index (χ3v) is 11.8. The second kappa shape index (κ2) is 18.3. The molecule has 6 rings (SSSR count). The Kier molecular flexibility index (Phi) is 13.3. The molecular weight excluding hydrogens is 721 g/mol. The van der Waals surface area contributed by atoms with Crippen LogP contribution in [-0.2, 0) is 35.1 Å². The molecule has 8 atom stereocenters. The van der Waals surface area contributed by atoms with Crippen LogP contribution in [0.25, 0.3) is 0 Å². The van der Waals surface area contributed by atoms with Crippen molar-refractivity contribution in [3.05, 3.63) is 121 Å². The Labute approximate surface area is 336 Å². The van der Waals surface area contributed by atoms with Gasteiger partial charge < -0.3 is 34.6 Å². The van der Waals surface area contributed by atoms with Gasteiger partial charge in [0.05, 0.1) is 36.6 Å². The Bertz CT molecular complexity index is 1890. The van der Waals surface area contributed by atoms with Crippen LogP contribution in [0.4, 0.5) is 11.4 Å². The summed E-state index contributed by atoms with van der Waals surface area (Å²) in [7, 11) is 0. The summed E-state index contributed by atoms with van der Waals surface area (Å²) in [5.74, 6) is -3.69. The lowest BCUT2D eigenvalue weighted by Gasteiger charge is -2.39. The lowest BCUT2D eigenvalue weighted by molar-refractivity contribution is -0.162. The van der Waals surface area contributed by atoms with Gasteiger partial charge in [0.2, 0.25) is 11.8 Å². The molecule has 0 aliphatic carbocycles. The Hall–Kier alpha value is -5.26. The Morgan fingerprint density at radius 1 is 0.982 bits per heavy atom. The molecule has 0 radical (unpaired) electrons. The van der Waals surface area contributed by atoms with Crippen molar-refractivity contribution >= 4 is 35.1 Å². The van der Waals surface area contributed by atoms with Crippen LogP contribution >= 0.6 is 0 Å². The zero-order valence-corrected chi connectivity index (χ0v) is 33.3. The average Bonchev–Trinajstić information content (AvgIpc) is 3.88. The third kappa shape index (κ3) is 8.27. The van der Waals surface area contributed by atoms with E-state index in [2.05, 4.69) is 37.2 Å². The van der Waals surface area contributed by atoms with E-state index in [0.29, 0.717) is 30.5 Å². The molecule has 3 aromatic carbocycles. The molecule has 11 heteroatoms. The number of anilines is 2. The molecule has 302 valence electrons. The van der Waals surface area contributed by atoms with E-state index in [1.54, 1.807) is 24.0 Å². The van der Waals surface area contributed by atoms with Crippen LogP contribution in [0.3, 0.4) is 0 Å². The van der Waals surface area contributed by atoms with Crippen LogP contribution in [0, 0.1) is 11.8 Å². The van der Waals surface area contributed by atoms with Crippen molar-refractivity contribution in [2.24, 2.45) is 11.8 Å². The van der Waals surface area contributed by atoms with Crippen molar-refractivity contribution in [1.29, 1.82) is 0 Å². The van der Waals surface area contributed by atoms with Crippen molar-refractivity contribution in [2.45, 2.75) is 88.8 Å². The minimum Gasteiger partial charge on any atom is -0.455 e. The van der Waals surface area contributed by atoms with Crippen molar-refractivity contribution < 1.29 is 33.8 Å². The van der Waals surface area contributed by atoms with E-state index < -0.39 is 66.3 Å². The number of likely N-dealkylation sites (tertiary alicyclic amines) is 1. The number of aliphatic hydroxyl groups excluding tert-OH is 1. The molecule has 0 saturated carbocycles. The Morgan fingerprint density at radius 2 is 1.63 bits per heavy atom. The molecule has 11 nitrogen and oxygen atoms in total. The number of esters is 1. The van der Waals surface area contributed by atoms with Crippen molar-refractivity contribution in [2.75, 3.05) is 36.0 Å². The molecule has 2 bridgehead atoms. The van der Waals surface area contributed by atoms with Gasteiger partial charge >= 0.3 is 5.97 Å². The SMILES string of the molecule is C=CCCC(=O)N[C@@H](C)[C@H](OC(=O)[C@@H]1[C@@H]2CC[C@]3(O2)[C@H](C(=O)N(CC=C)c2ccc(N(CC)CC)cc2)N([C@@H](CO)Cc2ccccc2)C(=O)[C@@H]13)c1ccccc1. The zero-order chi connectivity index (χ0) is 40.7. The lowest BCUT2D eigenvalue weighted by atomic mass is 9.70. The number of fused-ring (bicyclic) bond motifs is 1. The monoisotopic (exact) mass is 776 g/mol. The summed E-state index contributed by atoms with van der Waals surface area (Å²) in [4.78, 5) is 63.1. The summed E-state index contributed by atoms with van der Waals surface area (Å²) in [5, 5.41) is 13.9. The van der Waals surface area contributed by atoms with Gasteiger partial charge in [-0.3, -0.25) is 19.2 Å². The number of amides is 3. The number of allylic oxidation sites excluding steroid dienone is 1. The molecule has 0 unspecified atom stereocenters. The standard InChI is InChI=1S/C46H56N4O7/c1-6-10-21-38(52)47-31(5)41(33-19-15-12-16-20-33)56-45(55)39-37-26-27-46(57-37)40(39)43(53)50(36(30-51)29-32-17-13-11-14-18-32)42(46)44(54)49(28-7-2)35-24-22-34(23-25-35)48(8-3)9-4/h6-7,11-20,22-25,31,36-37,39-42,51H,1-2,8-10,21,26-30H2,3-5H3,(H,47,52)/t31-,36+,37-,39+,40+,41-,42-,46+/m0/s1. The normalized spacial score (nSPS) is 23.6. The number of ether oxygens (including phenoxy) is 2. The highest BCUT2D eigenvalue weighted by molar-refractivity contribution is 6.05. The van der Waals surface area contributed by atoms with Gasteiger partial charge in [0.1, 0.15) is 17.7 Å². The second-order valence-electron chi connectivity index (χ2n) is 15.2. The van der Waals surface area contributed by atoms with Gasteiger partial charge in [0, 0.05) is 37.4 Å². The number of carbonyl (C=O) groups excluding carboxylic acids is 4. The largest absolute Gasteiger partial charge is 0.455 e. The highest BCUT2D eigenvalue weighted by Gasteiger charge is 2.75. The van der Waals surface area contributed by atoms with E-state index in [4.69, 9.17) is 9.47 Å². The minimum atomic E-state index is -1.35. The smallest absolute Gasteiger partial charge is 0.313 e. The summed E-state index contributed by atoms with van der Waals surface area (Å²) in [6, 6.07) is 23.9. The van der Waals surface area contributed by atoms with Gasteiger partial charge in [-0.2, -0.15) is 0 Å². The first-order valence-corrected chi connectivity index (χ1v) is 20.2. The molecule has 3 heterocycles. The van der Waals surface area contributed by atoms with Crippen LogP contribution in [0.2, 0.25) is 0 Å². The molecule has 3 aromatic rings. The van der Waals surface area contributed by atoms with Gasteiger partial charge in [0.15, 0.2) is 0 Å². The first-order valence-electron chi connectivity index (χ1n) is 20.2. The quantitative estimate of drug-likeness (QED) is 0.116. The minimum absolute atomic E-state index is 0.162. The molecule has 3 aliphatic heterocycles. The van der Waals surface area contributed by atoms with Crippen molar-refractivity contribution in [3.8, 4) is 0 Å². The molecule has 57 heavy (non-hydrogen) atoms. The molecule has 3 fully saturated rings. The van der Waals surface area contributed by atoms with E-state index in [9.17, 15) is 14.7 Å². The number of rotatable bonds is 19. The Morgan fingerprint density at radius 3 is 2.25 bits per heavy atom. The lowest BCUT2D eigenvalue weighted by Crippen LogP contribution is -2.59. The van der Waals surface area contributed by atoms with Gasteiger partial charge in [-0.05, 0) is 81.8 Å². The molecular formula is C46H56N4O7. The molecule has 3 aliphatic rings. The van der Waals surface area contributed by atoms with Crippen LogP contribution < -0.4 is 15.1 Å². The topological polar surface area (TPSA) is 129 Å². The molecule has 3 saturated heterocycles. The first-order chi connectivity index (χ1) is 27.6. The summed E-state index contributed by atoms with van der Waals surface area (Å²) in [5.41, 5.74) is 1.87. The number of aliphatic hydroxyl groups is 1. The summed E-state index contributed by atoms with van der Waals surface area (Å²) in [6.45, 7) is 15.0. The molecule has 2 N–H and O–H groups in total. The third-order valence-electron chi connectivity index (χ3n) is 11.8. The van der Waals surface area contributed by atoms with Gasteiger partial charge in [-0.1, -0.05) is 72.8 Å². The second-order valence-corrected chi connectivity index (χ2v) is 15.2. The fraction of sp³-hybridized carbons (Fsp3) is 0.435. The van der Waals surface area contributed by atoms with E-state index >= 15 is 9.59 Å². The number of carbonyl (C=O) groups is 4. The highest BCUT2D eigenvalue weighted by Crippen LogP contribution is 2.59. The van der Waals surface area contributed by atoms with Gasteiger partial charge in [-0.15, -0.1) is 13.2 Å². The number of hydrogen-bond acceptors (Lipinski definition) is 8. The Balaban J connectivity index is 1.37. The summed E-state index contributed by atoms with van der Waals surface area (Å²) in [6.07, 6.45) is 3.62. The summed E-state index contributed by atoms with van der Waals surface area (Å²) < 4.78 is 13.1. The zero-order valence-electron chi connectivity index (χ0n) is 33.3. The van der Waals surface area contributed by atoms with Gasteiger partial charge in [-0.25, -0.2) is 0 Å². The predicted molar refractivity (Wildman–Crippen MR) is 220 cm³/mol. The number of benzene rings is 3. The van der Waals surface area contributed by atoms with Crippen LogP contribution in [0.1, 0.15) is 63.7 Å². The molecule has 3 amide bonds. The van der Waals surface area contributed by atoms with E-state index in [0.717, 1.165) is 24.3 Å². The molecule has 0 aromatic heterocycles. The van der Waals surface area contributed by atoms with E-state index in [1.165, 1.54) is 4.90 Å². The van der Waals surface area contributed by atoms with Crippen molar-refractivity contribution in [3.63, 3.8) is 0 Å². The number of nitrogens with zero attached hydrogens (tertiary/aromatic N) is 3. The van der Waals surface area contributed by atoms with E-state index in [-0.39, 0.29) is 31.2 Å². The fourth-order valence-corrected chi connectivity index (χ4v) is 9.14. The predicted octanol–water partition coefficient (Wildman–Crippen LogP) is 5.79. The van der Waals surface area contributed by atoms with Crippen molar-refractivity contribution in [1.82, 2.24) is 10.2 Å². The maximum absolute atomic E-state index is 15.3. The average molecular weight is 777 g/mol. The van der Waals surface area contributed by atoms with Crippen LogP contribution in [-0.4, -0.2) is 89.8 Å². The number of nitrogens with one attached hydrogen (secondary N) is 1. The van der Waals surface area contributed by atoms with Gasteiger partial charge in [0.25, 0.3) is 5.91 Å². The first kappa shape index (κ1) is 41.4. The van der Waals surface area contributed by atoms with Crippen LogP contribution in [0.5, 0.6) is 0 Å². The summed E-state index contributed by atoms with van der Waals surface area (Å²) >= 11 is 0. The molecule has 1 spiro atoms. The maximum atomic E-state index is 15.3. The number of hydrogen-bond donors (Lipinski definition) is 2. The maximum Gasteiger partial charge on any atom is 0.313 e. The highest BCUT2D eigenvalue weighted by atomic mass is 16.6. The van der Waals surface area contributed by atoms with E-state index in [1.807, 2.05) is 84.9 Å². The van der Waals surface area contributed by atoms with Crippen LogP contribution in [0.15, 0.2) is 110 Å².